The Balaban J connectivity index is 0.00000261. The number of amides is 2. The van der Waals surface area contributed by atoms with Gasteiger partial charge in [0.2, 0.25) is 0 Å². The van der Waals surface area contributed by atoms with Gasteiger partial charge in [0.05, 0.1) is 16.8 Å². The van der Waals surface area contributed by atoms with Crippen molar-refractivity contribution < 1.29 is 14.1 Å². The van der Waals surface area contributed by atoms with Gasteiger partial charge >= 0.3 is 0 Å². The lowest BCUT2D eigenvalue weighted by molar-refractivity contribution is 0.0657. The molecule has 27 heavy (non-hydrogen) atoms. The maximum Gasteiger partial charge on any atom is 0.261 e. The van der Waals surface area contributed by atoms with Crippen molar-refractivity contribution in [1.82, 2.24) is 20.7 Å². The maximum atomic E-state index is 12.3. The van der Waals surface area contributed by atoms with Gasteiger partial charge in [-0.25, -0.2) is 0 Å². The molecule has 1 aromatic carbocycles. The molecule has 2 aromatic rings. The Morgan fingerprint density at radius 3 is 2.30 bits per heavy atom. The predicted molar refractivity (Wildman–Crippen MR) is 111 cm³/mol. The van der Waals surface area contributed by atoms with Crippen molar-refractivity contribution in [2.45, 2.75) is 20.4 Å². The zero-order valence-corrected chi connectivity index (χ0v) is 17.7. The van der Waals surface area contributed by atoms with E-state index in [1.165, 1.54) is 4.90 Å². The molecule has 2 heterocycles. The molecular weight excluding hydrogens is 461 g/mol. The summed E-state index contributed by atoms with van der Waals surface area (Å²) in [4.78, 5) is 30.0. The number of aromatic nitrogens is 1. The number of rotatable bonds is 5. The summed E-state index contributed by atoms with van der Waals surface area (Å²) in [6.45, 7) is 4.92. The second-order valence-corrected chi connectivity index (χ2v) is 5.96. The zero-order chi connectivity index (χ0) is 18.7. The second-order valence-electron chi connectivity index (χ2n) is 5.96. The number of guanidine groups is 1. The molecule has 9 heteroatoms. The molecule has 0 saturated carbocycles. The van der Waals surface area contributed by atoms with E-state index in [1.807, 2.05) is 13.8 Å². The highest BCUT2D eigenvalue weighted by molar-refractivity contribution is 14.0. The molecule has 0 radical (unpaired) electrons. The van der Waals surface area contributed by atoms with Crippen molar-refractivity contribution in [2.24, 2.45) is 4.99 Å². The minimum absolute atomic E-state index is 0. The molecule has 8 nitrogen and oxygen atoms in total. The Hall–Kier alpha value is -2.43. The summed E-state index contributed by atoms with van der Waals surface area (Å²) in [5.74, 6) is 0.815. The first-order valence-electron chi connectivity index (χ1n) is 8.34. The Kier molecular flexibility index (Phi) is 6.94. The van der Waals surface area contributed by atoms with Crippen LogP contribution < -0.4 is 10.6 Å². The lowest BCUT2D eigenvalue weighted by Crippen LogP contribution is -2.42. The molecular formula is C18H22IN5O3. The fourth-order valence-corrected chi connectivity index (χ4v) is 2.88. The van der Waals surface area contributed by atoms with Crippen LogP contribution in [0.3, 0.4) is 0 Å². The van der Waals surface area contributed by atoms with Crippen LogP contribution in [0.25, 0.3) is 0 Å². The fraction of sp³-hybridized carbons (Fsp3) is 0.333. The topological polar surface area (TPSA) is 99.8 Å². The van der Waals surface area contributed by atoms with E-state index in [9.17, 15) is 9.59 Å². The highest BCUT2D eigenvalue weighted by atomic mass is 127. The molecule has 0 spiro atoms. The van der Waals surface area contributed by atoms with Crippen LogP contribution in [-0.4, -0.2) is 48.0 Å². The molecule has 1 aliphatic heterocycles. The summed E-state index contributed by atoms with van der Waals surface area (Å²) in [5, 5.41) is 10.2. The second kappa shape index (κ2) is 8.98. The Morgan fingerprint density at radius 2 is 1.78 bits per heavy atom. The molecule has 0 bridgehead atoms. The molecule has 1 aromatic heterocycles. The number of aliphatic imine (C=N–C) groups is 1. The Bertz CT molecular complexity index is 823. The molecule has 0 unspecified atom stereocenters. The first kappa shape index (κ1) is 20.9. The number of nitrogens with zero attached hydrogens (tertiary/aromatic N) is 3. The van der Waals surface area contributed by atoms with Crippen LogP contribution in [0.15, 0.2) is 33.8 Å². The fourth-order valence-electron chi connectivity index (χ4n) is 2.88. The number of carbonyl (C=O) groups excluding carboxylic acids is 2. The standard InChI is InChI=1S/C18H21N5O3.HI/c1-11-15(12(2)26-22-11)10-21-18(19-3)20-8-9-23-16(24)13-6-4-5-7-14(13)17(23)25;/h4-7H,8-10H2,1-3H3,(H2,19,20,21);1H. The molecule has 0 fully saturated rings. The van der Waals surface area contributed by atoms with Crippen LogP contribution in [0.1, 0.15) is 37.7 Å². The minimum Gasteiger partial charge on any atom is -0.361 e. The number of aryl methyl sites for hydroxylation is 2. The van der Waals surface area contributed by atoms with Gasteiger partial charge in [-0.1, -0.05) is 17.3 Å². The van der Waals surface area contributed by atoms with Crippen LogP contribution in [0.2, 0.25) is 0 Å². The first-order chi connectivity index (χ1) is 12.5. The third-order valence-corrected chi connectivity index (χ3v) is 4.34. The number of imide groups is 1. The van der Waals surface area contributed by atoms with Crippen molar-refractivity contribution in [3.63, 3.8) is 0 Å². The Morgan fingerprint density at radius 1 is 1.15 bits per heavy atom. The van der Waals surface area contributed by atoms with E-state index < -0.39 is 0 Å². The summed E-state index contributed by atoms with van der Waals surface area (Å²) >= 11 is 0. The van der Waals surface area contributed by atoms with Crippen molar-refractivity contribution in [3.05, 3.63) is 52.4 Å². The van der Waals surface area contributed by atoms with Crippen LogP contribution in [0.4, 0.5) is 0 Å². The lowest BCUT2D eigenvalue weighted by Gasteiger charge is -2.16. The van der Waals surface area contributed by atoms with Gasteiger partial charge in [-0.2, -0.15) is 0 Å². The van der Waals surface area contributed by atoms with Crippen LogP contribution >= 0.6 is 24.0 Å². The first-order valence-corrected chi connectivity index (χ1v) is 8.34. The number of benzene rings is 1. The molecule has 2 N–H and O–H groups in total. The molecule has 0 atom stereocenters. The van der Waals surface area contributed by atoms with E-state index in [4.69, 9.17) is 4.52 Å². The predicted octanol–water partition coefficient (Wildman–Crippen LogP) is 1.87. The van der Waals surface area contributed by atoms with Gasteiger partial charge in [0.25, 0.3) is 11.8 Å². The van der Waals surface area contributed by atoms with Gasteiger partial charge in [0.1, 0.15) is 5.76 Å². The van der Waals surface area contributed by atoms with Gasteiger partial charge < -0.3 is 15.2 Å². The van der Waals surface area contributed by atoms with E-state index in [-0.39, 0.29) is 42.3 Å². The third kappa shape index (κ3) is 4.29. The van der Waals surface area contributed by atoms with Crippen molar-refractivity contribution in [3.8, 4) is 0 Å². The van der Waals surface area contributed by atoms with Gasteiger partial charge in [0, 0.05) is 32.2 Å². The summed E-state index contributed by atoms with van der Waals surface area (Å²) in [5.41, 5.74) is 2.72. The van der Waals surface area contributed by atoms with Gasteiger partial charge in [-0.15, -0.1) is 24.0 Å². The quantitative estimate of drug-likeness (QED) is 0.292. The average molecular weight is 483 g/mol. The smallest absolute Gasteiger partial charge is 0.261 e. The monoisotopic (exact) mass is 483 g/mol. The maximum absolute atomic E-state index is 12.3. The van der Waals surface area contributed by atoms with E-state index in [0.717, 1.165) is 17.0 Å². The van der Waals surface area contributed by atoms with Crippen molar-refractivity contribution in [2.75, 3.05) is 20.1 Å². The number of hydrogen-bond donors (Lipinski definition) is 2. The van der Waals surface area contributed by atoms with E-state index >= 15 is 0 Å². The highest BCUT2D eigenvalue weighted by Crippen LogP contribution is 2.21. The molecule has 0 aliphatic carbocycles. The number of hydrogen-bond acceptors (Lipinski definition) is 5. The molecule has 1 aliphatic rings. The van der Waals surface area contributed by atoms with Gasteiger partial charge in [-0.3, -0.25) is 19.5 Å². The number of nitrogens with one attached hydrogen (secondary N) is 2. The molecule has 144 valence electrons. The van der Waals surface area contributed by atoms with Crippen molar-refractivity contribution in [1.29, 1.82) is 0 Å². The lowest BCUT2D eigenvalue weighted by atomic mass is 10.1. The van der Waals surface area contributed by atoms with Gasteiger partial charge in [0.15, 0.2) is 5.96 Å². The molecule has 2 amide bonds. The zero-order valence-electron chi connectivity index (χ0n) is 15.4. The Labute approximate surface area is 174 Å². The van der Waals surface area contributed by atoms with Crippen LogP contribution in [-0.2, 0) is 6.54 Å². The summed E-state index contributed by atoms with van der Waals surface area (Å²) in [6.07, 6.45) is 0. The van der Waals surface area contributed by atoms with Crippen molar-refractivity contribution >= 4 is 41.8 Å². The highest BCUT2D eigenvalue weighted by Gasteiger charge is 2.34. The summed E-state index contributed by atoms with van der Waals surface area (Å²) in [7, 11) is 1.66. The molecule has 3 rings (SSSR count). The van der Waals surface area contributed by atoms with Gasteiger partial charge in [-0.05, 0) is 26.0 Å². The van der Waals surface area contributed by atoms with E-state index in [0.29, 0.717) is 30.2 Å². The molecule has 0 saturated heterocycles. The largest absolute Gasteiger partial charge is 0.361 e. The van der Waals surface area contributed by atoms with Crippen LogP contribution in [0, 0.1) is 13.8 Å². The average Bonchev–Trinajstić information content (AvgIpc) is 3.09. The van der Waals surface area contributed by atoms with E-state index in [1.54, 1.807) is 31.3 Å². The number of carbonyl (C=O) groups is 2. The SMILES string of the molecule is CN=C(NCCN1C(=O)c2ccccc2C1=O)NCc1c(C)noc1C.I. The third-order valence-electron chi connectivity index (χ3n) is 4.34. The summed E-state index contributed by atoms with van der Waals surface area (Å²) in [6, 6.07) is 6.86. The number of fused-ring (bicyclic) bond motifs is 1. The normalized spacial score (nSPS) is 13.4. The van der Waals surface area contributed by atoms with E-state index in [2.05, 4.69) is 20.8 Å². The minimum atomic E-state index is -0.258. The van der Waals surface area contributed by atoms with Crippen LogP contribution in [0.5, 0.6) is 0 Å². The summed E-state index contributed by atoms with van der Waals surface area (Å²) < 4.78 is 5.13. The number of halogens is 1.